The smallest absolute Gasteiger partial charge is 0.230 e. The first kappa shape index (κ1) is 17.2. The Balaban J connectivity index is 1.76. The monoisotopic (exact) mass is 359 g/mol. The Kier molecular flexibility index (Phi) is 4.90. The number of anilines is 2. The van der Waals surface area contributed by atoms with Crippen LogP contribution >= 0.6 is 11.6 Å². The SMILES string of the molecule is COc1ccc(Cl)cc1N1C[C@H](C(=O)Nc2cccc(C)n2)CC1=O. The van der Waals surface area contributed by atoms with Crippen LogP contribution in [0, 0.1) is 12.8 Å². The number of methoxy groups -OCH3 is 1. The van der Waals surface area contributed by atoms with E-state index in [0.29, 0.717) is 22.3 Å². The van der Waals surface area contributed by atoms with Gasteiger partial charge in [-0.25, -0.2) is 4.98 Å². The van der Waals surface area contributed by atoms with Gasteiger partial charge in [0.05, 0.1) is 18.7 Å². The van der Waals surface area contributed by atoms with Crippen LogP contribution in [0.25, 0.3) is 0 Å². The molecule has 1 atom stereocenters. The third-order valence-electron chi connectivity index (χ3n) is 4.07. The first-order chi connectivity index (χ1) is 12.0. The van der Waals surface area contributed by atoms with E-state index in [1.165, 1.54) is 7.11 Å². The number of aromatic nitrogens is 1. The van der Waals surface area contributed by atoms with Crippen LogP contribution in [-0.4, -0.2) is 30.5 Å². The number of hydrogen-bond donors (Lipinski definition) is 1. The van der Waals surface area contributed by atoms with Crippen LogP contribution in [0.4, 0.5) is 11.5 Å². The molecule has 0 saturated carbocycles. The van der Waals surface area contributed by atoms with Gasteiger partial charge in [0.1, 0.15) is 11.6 Å². The first-order valence-electron chi connectivity index (χ1n) is 7.86. The van der Waals surface area contributed by atoms with E-state index in [-0.39, 0.29) is 24.8 Å². The molecule has 2 amide bonds. The molecule has 130 valence electrons. The molecule has 2 heterocycles. The minimum atomic E-state index is -0.460. The molecule has 1 saturated heterocycles. The van der Waals surface area contributed by atoms with Crippen molar-refractivity contribution in [2.24, 2.45) is 5.92 Å². The zero-order chi connectivity index (χ0) is 18.0. The van der Waals surface area contributed by atoms with Crippen molar-refractivity contribution in [1.82, 2.24) is 4.98 Å². The Morgan fingerprint density at radius 2 is 2.16 bits per heavy atom. The number of nitrogens with one attached hydrogen (secondary N) is 1. The van der Waals surface area contributed by atoms with Gasteiger partial charge in [0.2, 0.25) is 11.8 Å². The normalized spacial score (nSPS) is 16.8. The Morgan fingerprint density at radius 3 is 2.88 bits per heavy atom. The highest BCUT2D eigenvalue weighted by Crippen LogP contribution is 2.35. The molecule has 1 aliphatic rings. The third kappa shape index (κ3) is 3.74. The third-order valence-corrected chi connectivity index (χ3v) is 4.30. The van der Waals surface area contributed by atoms with Crippen LogP contribution in [0.15, 0.2) is 36.4 Å². The van der Waals surface area contributed by atoms with E-state index in [1.54, 1.807) is 29.2 Å². The molecule has 0 spiro atoms. The Bertz CT molecular complexity index is 825. The van der Waals surface area contributed by atoms with Crippen LogP contribution in [-0.2, 0) is 9.59 Å². The molecule has 1 aliphatic heterocycles. The topological polar surface area (TPSA) is 71.5 Å². The van der Waals surface area contributed by atoms with E-state index in [4.69, 9.17) is 16.3 Å². The molecule has 1 aromatic carbocycles. The summed E-state index contributed by atoms with van der Waals surface area (Å²) in [4.78, 5) is 30.7. The number of benzene rings is 1. The van der Waals surface area contributed by atoms with Gasteiger partial charge in [-0.15, -0.1) is 0 Å². The molecule has 25 heavy (non-hydrogen) atoms. The van der Waals surface area contributed by atoms with Gasteiger partial charge < -0.3 is 15.0 Å². The van der Waals surface area contributed by atoms with Gasteiger partial charge in [0.25, 0.3) is 0 Å². The van der Waals surface area contributed by atoms with Crippen molar-refractivity contribution in [3.8, 4) is 5.75 Å². The van der Waals surface area contributed by atoms with Crippen LogP contribution in [0.1, 0.15) is 12.1 Å². The molecule has 3 rings (SSSR count). The number of halogens is 1. The number of ether oxygens (including phenoxy) is 1. The number of amides is 2. The molecule has 0 radical (unpaired) electrons. The highest BCUT2D eigenvalue weighted by Gasteiger charge is 2.36. The standard InChI is InChI=1S/C18H18ClN3O3/c1-11-4-3-5-16(20-11)21-18(24)12-8-17(23)22(10-12)14-9-13(19)6-7-15(14)25-2/h3-7,9,12H,8,10H2,1-2H3,(H,20,21,24)/t12-/m1/s1. The summed E-state index contributed by atoms with van der Waals surface area (Å²) in [6.07, 6.45) is 0.132. The first-order valence-corrected chi connectivity index (χ1v) is 8.24. The molecule has 1 aromatic heterocycles. The number of hydrogen-bond acceptors (Lipinski definition) is 4. The molecular weight excluding hydrogens is 342 g/mol. The Morgan fingerprint density at radius 1 is 1.36 bits per heavy atom. The van der Waals surface area contributed by atoms with E-state index < -0.39 is 5.92 Å². The summed E-state index contributed by atoms with van der Waals surface area (Å²) in [6.45, 7) is 2.12. The minimum Gasteiger partial charge on any atom is -0.495 e. The summed E-state index contributed by atoms with van der Waals surface area (Å²) >= 11 is 6.04. The molecular formula is C18H18ClN3O3. The highest BCUT2D eigenvalue weighted by atomic mass is 35.5. The summed E-state index contributed by atoms with van der Waals surface area (Å²) in [7, 11) is 1.53. The van der Waals surface area contributed by atoms with E-state index in [1.807, 2.05) is 19.1 Å². The highest BCUT2D eigenvalue weighted by molar-refractivity contribution is 6.31. The maximum absolute atomic E-state index is 12.5. The molecule has 2 aromatic rings. The van der Waals surface area contributed by atoms with Crippen molar-refractivity contribution in [2.75, 3.05) is 23.9 Å². The second-order valence-corrected chi connectivity index (χ2v) is 6.31. The lowest BCUT2D eigenvalue weighted by molar-refractivity contribution is -0.122. The number of aryl methyl sites for hydroxylation is 1. The number of carbonyl (C=O) groups is 2. The quantitative estimate of drug-likeness (QED) is 0.910. The fourth-order valence-electron chi connectivity index (χ4n) is 2.83. The van der Waals surface area contributed by atoms with E-state index in [0.717, 1.165) is 5.69 Å². The number of rotatable bonds is 4. The molecule has 1 fully saturated rings. The van der Waals surface area contributed by atoms with Crippen LogP contribution in [0.3, 0.4) is 0 Å². The average molecular weight is 360 g/mol. The zero-order valence-electron chi connectivity index (χ0n) is 14.0. The van der Waals surface area contributed by atoms with E-state index in [2.05, 4.69) is 10.3 Å². The molecule has 6 nitrogen and oxygen atoms in total. The minimum absolute atomic E-state index is 0.132. The molecule has 7 heteroatoms. The van der Waals surface area contributed by atoms with Crippen molar-refractivity contribution >= 4 is 34.9 Å². The lowest BCUT2D eigenvalue weighted by Crippen LogP contribution is -2.28. The molecule has 1 N–H and O–H groups in total. The summed E-state index contributed by atoms with van der Waals surface area (Å²) in [6, 6.07) is 10.5. The largest absolute Gasteiger partial charge is 0.495 e. The number of carbonyl (C=O) groups excluding carboxylic acids is 2. The predicted molar refractivity (Wildman–Crippen MR) is 96.1 cm³/mol. The van der Waals surface area contributed by atoms with Gasteiger partial charge in [-0.05, 0) is 37.3 Å². The van der Waals surface area contributed by atoms with Gasteiger partial charge in [-0.3, -0.25) is 9.59 Å². The molecule has 0 aliphatic carbocycles. The van der Waals surface area contributed by atoms with Crippen LogP contribution < -0.4 is 15.0 Å². The van der Waals surface area contributed by atoms with Crippen molar-refractivity contribution in [3.05, 3.63) is 47.1 Å². The van der Waals surface area contributed by atoms with Crippen LogP contribution in [0.5, 0.6) is 5.75 Å². The van der Waals surface area contributed by atoms with Gasteiger partial charge in [-0.2, -0.15) is 0 Å². The maximum atomic E-state index is 12.5. The second-order valence-electron chi connectivity index (χ2n) is 5.88. The van der Waals surface area contributed by atoms with Gasteiger partial charge in [0.15, 0.2) is 0 Å². The zero-order valence-corrected chi connectivity index (χ0v) is 14.7. The summed E-state index contributed by atoms with van der Waals surface area (Å²) in [5.74, 6) is 0.196. The van der Waals surface area contributed by atoms with Gasteiger partial charge in [0, 0.05) is 23.7 Å². The fourth-order valence-corrected chi connectivity index (χ4v) is 3.00. The summed E-state index contributed by atoms with van der Waals surface area (Å²) < 4.78 is 5.30. The lowest BCUT2D eigenvalue weighted by Gasteiger charge is -2.19. The summed E-state index contributed by atoms with van der Waals surface area (Å²) in [5.41, 5.74) is 1.38. The number of nitrogens with zero attached hydrogens (tertiary/aromatic N) is 2. The maximum Gasteiger partial charge on any atom is 0.230 e. The van der Waals surface area contributed by atoms with Crippen LogP contribution in [0.2, 0.25) is 5.02 Å². The lowest BCUT2D eigenvalue weighted by atomic mass is 10.1. The van der Waals surface area contributed by atoms with E-state index in [9.17, 15) is 9.59 Å². The number of pyridine rings is 1. The second kappa shape index (κ2) is 7.11. The van der Waals surface area contributed by atoms with E-state index >= 15 is 0 Å². The molecule has 0 bridgehead atoms. The Hall–Kier alpha value is -2.60. The van der Waals surface area contributed by atoms with Gasteiger partial charge in [-0.1, -0.05) is 17.7 Å². The molecule has 0 unspecified atom stereocenters. The van der Waals surface area contributed by atoms with Crippen molar-refractivity contribution in [3.63, 3.8) is 0 Å². The average Bonchev–Trinajstić information content (AvgIpc) is 2.96. The van der Waals surface area contributed by atoms with Crippen molar-refractivity contribution in [1.29, 1.82) is 0 Å². The fraction of sp³-hybridized carbons (Fsp3) is 0.278. The Labute approximate surface area is 150 Å². The van der Waals surface area contributed by atoms with Gasteiger partial charge >= 0.3 is 0 Å². The van der Waals surface area contributed by atoms with Crippen molar-refractivity contribution < 1.29 is 14.3 Å². The van der Waals surface area contributed by atoms with Crippen molar-refractivity contribution in [2.45, 2.75) is 13.3 Å². The predicted octanol–water partition coefficient (Wildman–Crippen LogP) is 3.04. The summed E-state index contributed by atoms with van der Waals surface area (Å²) in [5, 5.41) is 3.27.